The van der Waals surface area contributed by atoms with Crippen molar-refractivity contribution >= 4 is 21.8 Å². The van der Waals surface area contributed by atoms with Gasteiger partial charge in [0.1, 0.15) is 0 Å². The van der Waals surface area contributed by atoms with Gasteiger partial charge in [0.2, 0.25) is 0 Å². The van der Waals surface area contributed by atoms with Crippen LogP contribution in [0.2, 0.25) is 0 Å². The van der Waals surface area contributed by atoms with E-state index >= 15 is 0 Å². The largest absolute Gasteiger partial charge is 0.373 e. The topological polar surface area (TPSA) is 41.6 Å². The minimum absolute atomic E-state index is 0.0269. The molecule has 2 fully saturated rings. The predicted molar refractivity (Wildman–Crippen MR) is 85.5 cm³/mol. The zero-order valence-electron chi connectivity index (χ0n) is 12.3. The molecule has 0 radical (unpaired) electrons. The number of benzene rings is 1. The smallest absolute Gasteiger partial charge is 0.251 e. The van der Waals surface area contributed by atoms with Crippen LogP contribution in [-0.4, -0.2) is 49.2 Å². The zero-order valence-corrected chi connectivity index (χ0v) is 13.9. The first kappa shape index (κ1) is 15.0. The zero-order chi connectivity index (χ0) is 14.8. The number of ether oxygens (including phenoxy) is 1. The third-order valence-electron chi connectivity index (χ3n) is 4.46. The van der Waals surface area contributed by atoms with Gasteiger partial charge in [-0.25, -0.2) is 0 Å². The molecule has 0 aromatic heterocycles. The van der Waals surface area contributed by atoms with Gasteiger partial charge in [-0.2, -0.15) is 0 Å². The van der Waals surface area contributed by atoms with Crippen molar-refractivity contribution in [1.29, 1.82) is 0 Å². The van der Waals surface area contributed by atoms with E-state index in [1.807, 2.05) is 25.1 Å². The maximum atomic E-state index is 12.3. The molecule has 1 aromatic carbocycles. The van der Waals surface area contributed by atoms with Crippen LogP contribution >= 0.6 is 15.9 Å². The molecule has 21 heavy (non-hydrogen) atoms. The Bertz CT molecular complexity index is 535. The molecule has 1 N–H and O–H groups in total. The SMILES string of the molecule is Cc1c(Br)cccc1C(=O)NCC1CN2CCCC2CO1. The van der Waals surface area contributed by atoms with Crippen LogP contribution in [0.15, 0.2) is 22.7 Å². The lowest BCUT2D eigenvalue weighted by molar-refractivity contribution is -0.0461. The van der Waals surface area contributed by atoms with Crippen molar-refractivity contribution in [2.75, 3.05) is 26.2 Å². The Kier molecular flexibility index (Phi) is 4.62. The van der Waals surface area contributed by atoms with Gasteiger partial charge in [0, 0.05) is 29.2 Å². The second-order valence-electron chi connectivity index (χ2n) is 5.87. The first-order chi connectivity index (χ1) is 10.1. The van der Waals surface area contributed by atoms with Crippen LogP contribution < -0.4 is 5.32 Å². The van der Waals surface area contributed by atoms with Gasteiger partial charge in [0.05, 0.1) is 12.7 Å². The minimum Gasteiger partial charge on any atom is -0.373 e. The number of halogens is 1. The molecule has 2 heterocycles. The maximum Gasteiger partial charge on any atom is 0.251 e. The monoisotopic (exact) mass is 352 g/mol. The molecule has 4 nitrogen and oxygen atoms in total. The van der Waals surface area contributed by atoms with E-state index in [-0.39, 0.29) is 12.0 Å². The lowest BCUT2D eigenvalue weighted by Crippen LogP contribution is -2.50. The molecule has 3 rings (SSSR count). The van der Waals surface area contributed by atoms with Gasteiger partial charge in [-0.3, -0.25) is 9.69 Å². The molecule has 114 valence electrons. The average Bonchev–Trinajstić information content (AvgIpc) is 2.95. The van der Waals surface area contributed by atoms with E-state index < -0.39 is 0 Å². The molecular weight excluding hydrogens is 332 g/mol. The highest BCUT2D eigenvalue weighted by molar-refractivity contribution is 9.10. The highest BCUT2D eigenvalue weighted by Gasteiger charge is 2.32. The fraction of sp³-hybridized carbons (Fsp3) is 0.562. The number of hydrogen-bond donors (Lipinski definition) is 1. The van der Waals surface area contributed by atoms with E-state index in [4.69, 9.17) is 4.74 Å². The van der Waals surface area contributed by atoms with Crippen molar-refractivity contribution in [3.63, 3.8) is 0 Å². The van der Waals surface area contributed by atoms with Crippen molar-refractivity contribution in [3.05, 3.63) is 33.8 Å². The Hall–Kier alpha value is -0.910. The van der Waals surface area contributed by atoms with Crippen LogP contribution in [0.3, 0.4) is 0 Å². The highest BCUT2D eigenvalue weighted by atomic mass is 79.9. The summed E-state index contributed by atoms with van der Waals surface area (Å²) in [7, 11) is 0. The molecule has 5 heteroatoms. The lowest BCUT2D eigenvalue weighted by atomic mass is 10.1. The summed E-state index contributed by atoms with van der Waals surface area (Å²) in [6.07, 6.45) is 2.62. The minimum atomic E-state index is -0.0269. The van der Waals surface area contributed by atoms with E-state index in [2.05, 4.69) is 26.1 Å². The van der Waals surface area contributed by atoms with Crippen molar-refractivity contribution in [3.8, 4) is 0 Å². The molecule has 2 aliphatic heterocycles. The van der Waals surface area contributed by atoms with Crippen molar-refractivity contribution in [2.24, 2.45) is 0 Å². The van der Waals surface area contributed by atoms with Gasteiger partial charge >= 0.3 is 0 Å². The molecule has 2 unspecified atom stereocenters. The Morgan fingerprint density at radius 1 is 1.52 bits per heavy atom. The van der Waals surface area contributed by atoms with Gasteiger partial charge in [0.15, 0.2) is 0 Å². The van der Waals surface area contributed by atoms with Crippen LogP contribution in [0, 0.1) is 6.92 Å². The molecule has 0 aliphatic carbocycles. The summed E-state index contributed by atoms with van der Waals surface area (Å²) in [5.41, 5.74) is 1.69. The Labute approximate surface area is 134 Å². The van der Waals surface area contributed by atoms with Crippen LogP contribution in [0.25, 0.3) is 0 Å². The van der Waals surface area contributed by atoms with E-state index in [1.165, 1.54) is 19.4 Å². The van der Waals surface area contributed by atoms with E-state index in [0.29, 0.717) is 12.6 Å². The fourth-order valence-corrected chi connectivity index (χ4v) is 3.53. The average molecular weight is 353 g/mol. The summed E-state index contributed by atoms with van der Waals surface area (Å²) in [4.78, 5) is 14.8. The third kappa shape index (κ3) is 3.30. The number of nitrogens with one attached hydrogen (secondary N) is 1. The Morgan fingerprint density at radius 2 is 2.38 bits per heavy atom. The van der Waals surface area contributed by atoms with E-state index in [0.717, 1.165) is 28.8 Å². The van der Waals surface area contributed by atoms with E-state index in [1.54, 1.807) is 0 Å². The number of rotatable bonds is 3. The number of carbonyl (C=O) groups excluding carboxylic acids is 1. The molecule has 1 amide bonds. The maximum absolute atomic E-state index is 12.3. The van der Waals surface area contributed by atoms with E-state index in [9.17, 15) is 4.79 Å². The Balaban J connectivity index is 1.55. The molecule has 2 aliphatic rings. The van der Waals surface area contributed by atoms with Crippen molar-refractivity contribution < 1.29 is 9.53 Å². The van der Waals surface area contributed by atoms with Gasteiger partial charge < -0.3 is 10.1 Å². The highest BCUT2D eigenvalue weighted by Crippen LogP contribution is 2.22. The summed E-state index contributed by atoms with van der Waals surface area (Å²) < 4.78 is 6.83. The summed E-state index contributed by atoms with van der Waals surface area (Å²) in [5, 5.41) is 3.01. The molecule has 2 saturated heterocycles. The Morgan fingerprint density at radius 3 is 3.24 bits per heavy atom. The predicted octanol–water partition coefficient (Wildman–Crippen LogP) is 2.35. The number of carbonyl (C=O) groups is 1. The second-order valence-corrected chi connectivity index (χ2v) is 6.72. The summed E-state index contributed by atoms with van der Waals surface area (Å²) in [5.74, 6) is -0.0269. The van der Waals surface area contributed by atoms with Gasteiger partial charge in [-0.1, -0.05) is 22.0 Å². The van der Waals surface area contributed by atoms with Crippen molar-refractivity contribution in [2.45, 2.75) is 31.9 Å². The molecule has 2 atom stereocenters. The summed E-state index contributed by atoms with van der Waals surface area (Å²) in [6.45, 7) is 5.43. The molecule has 0 bridgehead atoms. The summed E-state index contributed by atoms with van der Waals surface area (Å²) >= 11 is 3.46. The number of fused-ring (bicyclic) bond motifs is 1. The van der Waals surface area contributed by atoms with Crippen LogP contribution in [0.1, 0.15) is 28.8 Å². The van der Waals surface area contributed by atoms with Crippen LogP contribution in [0.4, 0.5) is 0 Å². The second kappa shape index (κ2) is 6.46. The molecule has 0 spiro atoms. The number of amides is 1. The molecular formula is C16H21BrN2O2. The fourth-order valence-electron chi connectivity index (χ4n) is 3.16. The summed E-state index contributed by atoms with van der Waals surface area (Å²) in [6, 6.07) is 6.29. The van der Waals surface area contributed by atoms with Gasteiger partial charge in [0.25, 0.3) is 5.91 Å². The number of morpholine rings is 1. The van der Waals surface area contributed by atoms with Gasteiger partial charge in [-0.05, 0) is 44.0 Å². The van der Waals surface area contributed by atoms with Crippen LogP contribution in [0.5, 0.6) is 0 Å². The normalized spacial score (nSPS) is 25.6. The third-order valence-corrected chi connectivity index (χ3v) is 5.32. The number of nitrogens with zero attached hydrogens (tertiary/aromatic N) is 1. The quantitative estimate of drug-likeness (QED) is 0.907. The number of hydrogen-bond acceptors (Lipinski definition) is 3. The lowest BCUT2D eigenvalue weighted by Gasteiger charge is -2.35. The standard InChI is InChI=1S/C16H21BrN2O2/c1-11-14(5-2-6-15(11)17)16(20)18-8-13-9-19-7-3-4-12(19)10-21-13/h2,5-6,12-13H,3-4,7-10H2,1H3,(H,18,20). The van der Waals surface area contributed by atoms with Crippen molar-refractivity contribution in [1.82, 2.24) is 10.2 Å². The molecule has 0 saturated carbocycles. The van der Waals surface area contributed by atoms with Crippen LogP contribution in [-0.2, 0) is 4.74 Å². The van der Waals surface area contributed by atoms with Gasteiger partial charge in [-0.15, -0.1) is 0 Å². The first-order valence-corrected chi connectivity index (χ1v) is 8.33. The molecule has 1 aromatic rings. The first-order valence-electron chi connectivity index (χ1n) is 7.54.